The molecule has 5 aromatic rings. The summed E-state index contributed by atoms with van der Waals surface area (Å²) in [5.41, 5.74) is 19.2. The second-order valence-electron chi connectivity index (χ2n) is 19.4. The van der Waals surface area contributed by atoms with Gasteiger partial charge in [0, 0.05) is 0 Å². The molecule has 0 amide bonds. The molecule has 2 aliphatic carbocycles. The molecule has 0 bridgehead atoms. The fraction of sp³-hybridized carbons (Fsp3) is 0.316. The van der Waals surface area contributed by atoms with Gasteiger partial charge in [-0.15, -0.1) is 0 Å². The Hall–Kier alpha value is -6.76. The van der Waals surface area contributed by atoms with E-state index in [1.165, 1.54) is 136 Å². The van der Waals surface area contributed by atoms with Crippen LogP contribution in [0.2, 0.25) is 0 Å². The summed E-state index contributed by atoms with van der Waals surface area (Å²) in [6.07, 6.45) is 40.0. The minimum Gasteiger partial charge on any atom is -0.0991 e. The van der Waals surface area contributed by atoms with E-state index in [0.717, 1.165) is 17.6 Å². The first-order valence-electron chi connectivity index (χ1n) is 28.7. The van der Waals surface area contributed by atoms with Crippen molar-refractivity contribution in [1.82, 2.24) is 0 Å². The highest BCUT2D eigenvalue weighted by atomic mass is 14.5. The van der Waals surface area contributed by atoms with Crippen LogP contribution in [0.15, 0.2) is 253 Å². The zero-order chi connectivity index (χ0) is 56.1. The minimum atomic E-state index is -0.496. The van der Waals surface area contributed by atoms with E-state index in [1.807, 2.05) is 25.2 Å². The highest BCUT2D eigenvalue weighted by Gasteiger charge is 2.47. The molecule has 0 heteroatoms. The van der Waals surface area contributed by atoms with Crippen molar-refractivity contribution < 1.29 is 0 Å². The third-order valence-corrected chi connectivity index (χ3v) is 13.2. The molecule has 0 aliphatic heterocycles. The van der Waals surface area contributed by atoms with Crippen molar-refractivity contribution in [1.29, 1.82) is 0 Å². The van der Waals surface area contributed by atoms with Gasteiger partial charge in [0.1, 0.15) is 0 Å². The number of fused-ring (bicyclic) bond motifs is 3. The summed E-state index contributed by atoms with van der Waals surface area (Å²) in [4.78, 5) is 0. The van der Waals surface area contributed by atoms with Crippen LogP contribution in [-0.4, -0.2) is 0 Å². The lowest BCUT2D eigenvalue weighted by molar-refractivity contribution is 0.765. The van der Waals surface area contributed by atoms with Crippen molar-refractivity contribution in [2.45, 2.75) is 160 Å². The van der Waals surface area contributed by atoms with Crippen LogP contribution in [0.3, 0.4) is 0 Å². The smallest absolute Gasteiger partial charge is 0.0710 e. The maximum absolute atomic E-state index is 4.23. The molecular formula is C76H98. The van der Waals surface area contributed by atoms with Crippen molar-refractivity contribution in [3.8, 4) is 33.4 Å². The number of unbranched alkanes of at least 4 members (excludes halogenated alkanes) is 3. The van der Waals surface area contributed by atoms with Gasteiger partial charge in [0.25, 0.3) is 0 Å². The second-order valence-corrected chi connectivity index (χ2v) is 19.4. The van der Waals surface area contributed by atoms with Crippen LogP contribution in [0.1, 0.15) is 170 Å². The van der Waals surface area contributed by atoms with Crippen LogP contribution in [0.5, 0.6) is 0 Å². The van der Waals surface area contributed by atoms with E-state index in [2.05, 4.69) is 285 Å². The number of allylic oxidation sites excluding steroid dienone is 19. The predicted octanol–water partition coefficient (Wildman–Crippen LogP) is 23.8. The average Bonchev–Trinajstić information content (AvgIpc) is 3.78. The minimum absolute atomic E-state index is 0.496. The van der Waals surface area contributed by atoms with Gasteiger partial charge in [0.05, 0.1) is 5.41 Å². The van der Waals surface area contributed by atoms with Gasteiger partial charge in [-0.3, -0.25) is 0 Å². The lowest BCUT2D eigenvalue weighted by Gasteiger charge is -2.34. The van der Waals surface area contributed by atoms with Gasteiger partial charge in [-0.1, -0.05) is 320 Å². The van der Waals surface area contributed by atoms with E-state index < -0.39 is 5.41 Å². The molecule has 0 aromatic heterocycles. The van der Waals surface area contributed by atoms with E-state index in [0.29, 0.717) is 0 Å². The number of rotatable bonds is 16. The van der Waals surface area contributed by atoms with Crippen LogP contribution >= 0.6 is 0 Å². The molecule has 0 spiro atoms. The van der Waals surface area contributed by atoms with Gasteiger partial charge in [0.15, 0.2) is 0 Å². The topological polar surface area (TPSA) is 0 Å². The maximum atomic E-state index is 4.23. The SMILES string of the molecule is C=C/C=C\C(=C/C)C1(c2ccccc2)c2ccccc2-c2c(-c3cc(C/C(C=C)=C/C=C(C)/C(/C=C\C)=C(\C)C=C)cc(-c4ccccc4)c3)cccc21.CC1=CCCC=C1.CCC.CCCC.CCCC.CCCC. The first kappa shape index (κ1) is 65.4. The summed E-state index contributed by atoms with van der Waals surface area (Å²) >= 11 is 0. The zero-order valence-electron chi connectivity index (χ0n) is 49.7. The fourth-order valence-corrected chi connectivity index (χ4v) is 8.75. The van der Waals surface area contributed by atoms with Gasteiger partial charge < -0.3 is 0 Å². The molecule has 76 heavy (non-hydrogen) atoms. The van der Waals surface area contributed by atoms with Crippen molar-refractivity contribution in [3.63, 3.8) is 0 Å². The summed E-state index contributed by atoms with van der Waals surface area (Å²) in [5, 5.41) is 0. The van der Waals surface area contributed by atoms with Crippen LogP contribution < -0.4 is 0 Å². The Morgan fingerprint density at radius 2 is 1.14 bits per heavy atom. The molecule has 0 nitrogen and oxygen atoms in total. The Labute approximate surface area is 466 Å². The van der Waals surface area contributed by atoms with Crippen molar-refractivity contribution >= 4 is 0 Å². The van der Waals surface area contributed by atoms with Gasteiger partial charge in [-0.2, -0.15) is 0 Å². The maximum Gasteiger partial charge on any atom is 0.0710 e. The zero-order valence-corrected chi connectivity index (χ0v) is 49.7. The van der Waals surface area contributed by atoms with Crippen molar-refractivity contribution in [3.05, 3.63) is 276 Å². The molecule has 0 heterocycles. The molecule has 1 unspecified atom stereocenters. The molecule has 5 aromatic carbocycles. The van der Waals surface area contributed by atoms with Gasteiger partial charge in [-0.05, 0) is 143 Å². The highest BCUT2D eigenvalue weighted by molar-refractivity contribution is 5.96. The number of benzene rings is 5. The molecule has 402 valence electrons. The second kappa shape index (κ2) is 37.9. The van der Waals surface area contributed by atoms with Gasteiger partial charge in [-0.25, -0.2) is 0 Å². The predicted molar refractivity (Wildman–Crippen MR) is 345 cm³/mol. The Morgan fingerprint density at radius 1 is 0.579 bits per heavy atom. The average molecular weight is 1010 g/mol. The largest absolute Gasteiger partial charge is 0.0991 e. The number of hydrogen-bond acceptors (Lipinski definition) is 0. The highest BCUT2D eigenvalue weighted by Crippen LogP contribution is 2.58. The molecular weight excluding hydrogens is 913 g/mol. The normalized spacial score (nSPS) is 14.8. The fourth-order valence-electron chi connectivity index (χ4n) is 8.75. The Bertz CT molecular complexity index is 2730. The van der Waals surface area contributed by atoms with Crippen molar-refractivity contribution in [2.24, 2.45) is 0 Å². The van der Waals surface area contributed by atoms with Crippen LogP contribution in [0.25, 0.3) is 33.4 Å². The Morgan fingerprint density at radius 3 is 1.66 bits per heavy atom. The lowest BCUT2D eigenvalue weighted by atomic mass is 9.67. The molecule has 0 radical (unpaired) electrons. The van der Waals surface area contributed by atoms with Crippen LogP contribution in [-0.2, 0) is 11.8 Å². The standard InChI is InChI=1S/C54H50.C7H10.3C4H10.C3H8/c1-8-13-26-46(12-5)54(47-27-18-15-19-28-47)51-31-21-20-29-50(51)53-49(30-22-32-52(53)54)45-37-42(36-44(38-45)43-24-16-14-17-25-43)35-41(11-4)34-33-40(7)48(23-9-2)39(6)10-3;1-7-5-3-2-4-6-7;3*1-3-4-2;1-3-2/h8-34,36-38H,1,3-4,35H2,2,5-7H3;3,5-6H,2,4H2,1H3;3*3-4H2,1-2H3;3H2,1-2H3/b23-9-,26-13-,40-33+,41-34+,46-12+,48-39+;;;;;. The van der Waals surface area contributed by atoms with E-state index in [4.69, 9.17) is 0 Å². The lowest BCUT2D eigenvalue weighted by Crippen LogP contribution is -2.29. The van der Waals surface area contributed by atoms with Crippen molar-refractivity contribution in [2.75, 3.05) is 0 Å². The summed E-state index contributed by atoms with van der Waals surface area (Å²) < 4.78 is 0. The van der Waals surface area contributed by atoms with E-state index >= 15 is 0 Å². The molecule has 1 atom stereocenters. The van der Waals surface area contributed by atoms with Crippen LogP contribution in [0, 0.1) is 0 Å². The summed E-state index contributed by atoms with van der Waals surface area (Å²) in [7, 11) is 0. The summed E-state index contributed by atoms with van der Waals surface area (Å²) in [6.45, 7) is 40.2. The Balaban J connectivity index is 0.000000753. The molecule has 0 N–H and O–H groups in total. The first-order chi connectivity index (χ1) is 37.0. The van der Waals surface area contributed by atoms with E-state index in [9.17, 15) is 0 Å². The van der Waals surface area contributed by atoms with E-state index in [1.54, 1.807) is 0 Å². The molecule has 0 fully saturated rings. The van der Waals surface area contributed by atoms with E-state index in [-0.39, 0.29) is 0 Å². The molecule has 0 saturated heterocycles. The quantitative estimate of drug-likeness (QED) is 0.0864. The monoisotopic (exact) mass is 1010 g/mol. The van der Waals surface area contributed by atoms with Gasteiger partial charge in [0.2, 0.25) is 0 Å². The third-order valence-electron chi connectivity index (χ3n) is 13.2. The Kier molecular flexibility index (Phi) is 32.6. The summed E-state index contributed by atoms with van der Waals surface area (Å²) in [5.74, 6) is 0. The third kappa shape index (κ3) is 19.4. The number of hydrogen-bond donors (Lipinski definition) is 0. The molecule has 0 saturated carbocycles. The first-order valence-corrected chi connectivity index (χ1v) is 28.7. The van der Waals surface area contributed by atoms with Gasteiger partial charge >= 0.3 is 0 Å². The summed E-state index contributed by atoms with van der Waals surface area (Å²) in [6, 6.07) is 44.6. The molecule has 7 rings (SSSR count). The molecule has 2 aliphatic rings. The van der Waals surface area contributed by atoms with Crippen LogP contribution in [0.4, 0.5) is 0 Å².